The molecule has 10 heteroatoms. The molecule has 0 spiro atoms. The molecular formula is C11H20N4O6. The molecule has 0 aliphatic rings. The minimum atomic E-state index is -1.30. The van der Waals surface area contributed by atoms with Crippen LogP contribution in [0.2, 0.25) is 0 Å². The first-order valence-electron chi connectivity index (χ1n) is 6.10. The van der Waals surface area contributed by atoms with Crippen LogP contribution in [0.3, 0.4) is 0 Å². The highest BCUT2D eigenvalue weighted by Gasteiger charge is 2.22. The van der Waals surface area contributed by atoms with Gasteiger partial charge >= 0.3 is 12.0 Å². The van der Waals surface area contributed by atoms with E-state index in [0.717, 1.165) is 0 Å². The number of nitrogens with two attached hydrogens (primary N) is 1. The van der Waals surface area contributed by atoms with Crippen LogP contribution in [-0.2, 0) is 19.1 Å². The zero-order valence-electron chi connectivity index (χ0n) is 11.9. The molecule has 0 rings (SSSR count). The summed E-state index contributed by atoms with van der Waals surface area (Å²) in [7, 11) is 1.48. The number of aliphatic carboxylic acids is 1. The van der Waals surface area contributed by atoms with Crippen LogP contribution in [0.4, 0.5) is 4.79 Å². The largest absolute Gasteiger partial charge is 0.480 e. The van der Waals surface area contributed by atoms with Gasteiger partial charge in [0.15, 0.2) is 0 Å². The van der Waals surface area contributed by atoms with E-state index in [-0.39, 0.29) is 6.54 Å². The Morgan fingerprint density at radius 2 is 1.90 bits per heavy atom. The van der Waals surface area contributed by atoms with Crippen LogP contribution in [0.15, 0.2) is 0 Å². The maximum Gasteiger partial charge on any atom is 0.323 e. The van der Waals surface area contributed by atoms with Crippen LogP contribution in [-0.4, -0.2) is 73.2 Å². The first-order chi connectivity index (χ1) is 9.77. The van der Waals surface area contributed by atoms with Crippen LogP contribution in [0.5, 0.6) is 0 Å². The first-order valence-corrected chi connectivity index (χ1v) is 6.10. The highest BCUT2D eigenvalue weighted by Crippen LogP contribution is 1.92. The fourth-order valence-electron chi connectivity index (χ4n) is 1.32. The summed E-state index contributed by atoms with van der Waals surface area (Å²) in [5.41, 5.74) is 4.93. The molecule has 0 aromatic heterocycles. The van der Waals surface area contributed by atoms with Gasteiger partial charge in [0, 0.05) is 13.7 Å². The van der Waals surface area contributed by atoms with E-state index in [1.54, 1.807) is 0 Å². The number of hydrogen-bond donors (Lipinski definition) is 4. The molecule has 0 aliphatic carbocycles. The van der Waals surface area contributed by atoms with Gasteiger partial charge in [0.1, 0.15) is 19.1 Å². The molecule has 0 aliphatic heterocycles. The SMILES string of the molecule is COCCNC(=O)C(C)NC(=O)N(CC(N)=O)CC(=O)O. The first kappa shape index (κ1) is 18.6. The normalized spacial score (nSPS) is 11.3. The topological polar surface area (TPSA) is 151 Å². The molecule has 0 heterocycles. The lowest BCUT2D eigenvalue weighted by Crippen LogP contribution is -2.52. The smallest absolute Gasteiger partial charge is 0.323 e. The van der Waals surface area contributed by atoms with E-state index < -0.39 is 42.9 Å². The van der Waals surface area contributed by atoms with Crippen molar-refractivity contribution < 1.29 is 29.0 Å². The molecule has 0 radical (unpaired) electrons. The number of carbonyl (C=O) groups is 4. The zero-order valence-corrected chi connectivity index (χ0v) is 11.9. The molecule has 0 saturated heterocycles. The Bertz CT molecular complexity index is 384. The van der Waals surface area contributed by atoms with Crippen LogP contribution in [0, 0.1) is 0 Å². The molecule has 4 amide bonds. The van der Waals surface area contributed by atoms with E-state index in [9.17, 15) is 19.2 Å². The number of hydrogen-bond acceptors (Lipinski definition) is 5. The molecular weight excluding hydrogens is 284 g/mol. The second-order valence-corrected chi connectivity index (χ2v) is 4.17. The van der Waals surface area contributed by atoms with Gasteiger partial charge in [-0.3, -0.25) is 14.4 Å². The van der Waals surface area contributed by atoms with Crippen molar-refractivity contribution in [3.8, 4) is 0 Å². The second kappa shape index (κ2) is 9.53. The quantitative estimate of drug-likeness (QED) is 0.352. The molecule has 120 valence electrons. The lowest BCUT2D eigenvalue weighted by Gasteiger charge is -2.22. The van der Waals surface area contributed by atoms with Crippen molar-refractivity contribution in [2.45, 2.75) is 13.0 Å². The predicted molar refractivity (Wildman–Crippen MR) is 71.3 cm³/mol. The molecule has 0 fully saturated rings. The number of amides is 4. The third-order valence-corrected chi connectivity index (χ3v) is 2.30. The Morgan fingerprint density at radius 1 is 1.29 bits per heavy atom. The van der Waals surface area contributed by atoms with Crippen molar-refractivity contribution in [2.75, 3.05) is 33.4 Å². The number of carboxylic acid groups (broad SMARTS) is 1. The number of carboxylic acids is 1. The third kappa shape index (κ3) is 8.42. The monoisotopic (exact) mass is 304 g/mol. The maximum absolute atomic E-state index is 11.8. The molecule has 0 aromatic rings. The third-order valence-electron chi connectivity index (χ3n) is 2.30. The fourth-order valence-corrected chi connectivity index (χ4v) is 1.32. The summed E-state index contributed by atoms with van der Waals surface area (Å²) in [6, 6.07) is -1.77. The van der Waals surface area contributed by atoms with Gasteiger partial charge in [-0.15, -0.1) is 0 Å². The van der Waals surface area contributed by atoms with Crippen LogP contribution < -0.4 is 16.4 Å². The maximum atomic E-state index is 11.8. The Hall–Kier alpha value is -2.36. The van der Waals surface area contributed by atoms with Crippen LogP contribution in [0.25, 0.3) is 0 Å². The number of nitrogens with one attached hydrogen (secondary N) is 2. The zero-order chi connectivity index (χ0) is 16.4. The van der Waals surface area contributed by atoms with Crippen molar-refractivity contribution in [3.05, 3.63) is 0 Å². The van der Waals surface area contributed by atoms with E-state index >= 15 is 0 Å². The summed E-state index contributed by atoms with van der Waals surface area (Å²) >= 11 is 0. The van der Waals surface area contributed by atoms with Crippen molar-refractivity contribution >= 4 is 23.8 Å². The van der Waals surface area contributed by atoms with Crippen molar-refractivity contribution in [1.29, 1.82) is 0 Å². The highest BCUT2D eigenvalue weighted by molar-refractivity contribution is 5.90. The minimum Gasteiger partial charge on any atom is -0.480 e. The van der Waals surface area contributed by atoms with Crippen molar-refractivity contribution in [3.63, 3.8) is 0 Å². The molecule has 0 aromatic carbocycles. The van der Waals surface area contributed by atoms with E-state index in [1.165, 1.54) is 14.0 Å². The summed E-state index contributed by atoms with van der Waals surface area (Å²) in [5.74, 6) is -2.62. The molecule has 0 bridgehead atoms. The summed E-state index contributed by atoms with van der Waals surface area (Å²) < 4.78 is 4.75. The van der Waals surface area contributed by atoms with Gasteiger partial charge < -0.3 is 31.1 Å². The van der Waals surface area contributed by atoms with Gasteiger partial charge in [-0.25, -0.2) is 4.79 Å². The van der Waals surface area contributed by atoms with Gasteiger partial charge in [0.2, 0.25) is 11.8 Å². The van der Waals surface area contributed by atoms with Gasteiger partial charge in [-0.2, -0.15) is 0 Å². The van der Waals surface area contributed by atoms with Gasteiger partial charge in [0.25, 0.3) is 0 Å². The van der Waals surface area contributed by atoms with E-state index in [2.05, 4.69) is 10.6 Å². The van der Waals surface area contributed by atoms with Gasteiger partial charge in [-0.1, -0.05) is 0 Å². The number of rotatable bonds is 9. The Kier molecular flexibility index (Phi) is 8.46. The van der Waals surface area contributed by atoms with Crippen LogP contribution >= 0.6 is 0 Å². The van der Waals surface area contributed by atoms with E-state index in [4.69, 9.17) is 15.6 Å². The summed E-state index contributed by atoms with van der Waals surface area (Å²) in [6.45, 7) is 0.751. The number of methoxy groups -OCH3 is 1. The average molecular weight is 304 g/mol. The number of ether oxygens (including phenoxy) is 1. The fraction of sp³-hybridized carbons (Fsp3) is 0.636. The standard InChI is InChI=1S/C11H20N4O6/c1-7(10(19)13-3-4-21-2)14-11(20)15(5-8(12)16)6-9(17)18/h7H,3-6H2,1-2H3,(H2,12,16)(H,13,19)(H,14,20)(H,17,18). The van der Waals surface area contributed by atoms with Crippen molar-refractivity contribution in [2.24, 2.45) is 5.73 Å². The van der Waals surface area contributed by atoms with Gasteiger partial charge in [0.05, 0.1) is 6.61 Å². The van der Waals surface area contributed by atoms with E-state index in [1.807, 2.05) is 0 Å². The molecule has 21 heavy (non-hydrogen) atoms. The summed E-state index contributed by atoms with van der Waals surface area (Å²) in [4.78, 5) is 45.5. The highest BCUT2D eigenvalue weighted by atomic mass is 16.5. The molecule has 10 nitrogen and oxygen atoms in total. The molecule has 0 saturated carbocycles. The minimum absolute atomic E-state index is 0.273. The molecule has 1 atom stereocenters. The molecule has 1 unspecified atom stereocenters. The summed E-state index contributed by atoms with van der Waals surface area (Å²) in [6.07, 6.45) is 0. The lowest BCUT2D eigenvalue weighted by molar-refractivity contribution is -0.137. The average Bonchev–Trinajstić information content (AvgIpc) is 2.36. The number of primary amides is 1. The molecule has 5 N–H and O–H groups in total. The predicted octanol–water partition coefficient (Wildman–Crippen LogP) is -2.28. The van der Waals surface area contributed by atoms with Crippen molar-refractivity contribution in [1.82, 2.24) is 15.5 Å². The number of carbonyl (C=O) groups excluding carboxylic acids is 3. The Labute approximate surface area is 121 Å². The van der Waals surface area contributed by atoms with Crippen LogP contribution in [0.1, 0.15) is 6.92 Å². The second-order valence-electron chi connectivity index (χ2n) is 4.17. The van der Waals surface area contributed by atoms with E-state index in [0.29, 0.717) is 11.5 Å². The van der Waals surface area contributed by atoms with Gasteiger partial charge in [-0.05, 0) is 6.92 Å². The lowest BCUT2D eigenvalue weighted by atomic mass is 10.3. The Morgan fingerprint density at radius 3 is 2.38 bits per heavy atom. The summed E-state index contributed by atoms with van der Waals surface area (Å²) in [5, 5.41) is 13.4. The number of nitrogens with zero attached hydrogens (tertiary/aromatic N) is 1. The number of urea groups is 1. The Balaban J connectivity index is 4.47.